The van der Waals surface area contributed by atoms with E-state index in [1.807, 2.05) is 12.1 Å². The molecule has 1 fully saturated rings. The van der Waals surface area contributed by atoms with Crippen LogP contribution in [0.25, 0.3) is 10.3 Å². The van der Waals surface area contributed by atoms with Gasteiger partial charge in [0.15, 0.2) is 0 Å². The Morgan fingerprint density at radius 1 is 1.35 bits per heavy atom. The monoisotopic (exact) mass is 250 g/mol. The number of benzene rings is 1. The van der Waals surface area contributed by atoms with Crippen LogP contribution in [0, 0.1) is 0 Å². The summed E-state index contributed by atoms with van der Waals surface area (Å²) >= 11 is 1.20. The van der Waals surface area contributed by atoms with E-state index in [-0.39, 0.29) is 4.94 Å². The van der Waals surface area contributed by atoms with Gasteiger partial charge in [0.2, 0.25) is 0 Å². The molecule has 0 atom stereocenters. The van der Waals surface area contributed by atoms with Crippen LogP contribution in [0.2, 0.25) is 0 Å². The van der Waals surface area contributed by atoms with Crippen LogP contribution in [-0.2, 0) is 6.54 Å². The van der Waals surface area contributed by atoms with Crippen LogP contribution in [0.1, 0.15) is 5.56 Å². The zero-order valence-corrected chi connectivity index (χ0v) is 10.3. The van der Waals surface area contributed by atoms with Gasteiger partial charge in [0.25, 0.3) is 0 Å². The maximum Gasteiger partial charge on any atom is 0.396 e. The quantitative estimate of drug-likeness (QED) is 0.871. The van der Waals surface area contributed by atoms with E-state index in [9.17, 15) is 4.79 Å². The van der Waals surface area contributed by atoms with Crippen LogP contribution in [0.5, 0.6) is 0 Å². The summed E-state index contributed by atoms with van der Waals surface area (Å²) < 4.78 is 6.13. The first-order valence-corrected chi connectivity index (χ1v) is 6.59. The van der Waals surface area contributed by atoms with E-state index >= 15 is 0 Å². The van der Waals surface area contributed by atoms with Crippen molar-refractivity contribution in [1.29, 1.82) is 0 Å². The average Bonchev–Trinajstić information content (AvgIpc) is 2.72. The highest BCUT2D eigenvalue weighted by Crippen LogP contribution is 2.22. The Bertz CT molecular complexity index is 569. The Morgan fingerprint density at radius 3 is 3.00 bits per heavy atom. The van der Waals surface area contributed by atoms with Gasteiger partial charge in [-0.05, 0) is 11.6 Å². The molecule has 2 aromatic rings. The second-order valence-electron chi connectivity index (χ2n) is 4.22. The van der Waals surface area contributed by atoms with Gasteiger partial charge < -0.3 is 9.73 Å². The van der Waals surface area contributed by atoms with Crippen molar-refractivity contribution in [1.82, 2.24) is 10.2 Å². The third-order valence-electron chi connectivity index (χ3n) is 3.04. The molecule has 1 aromatic heterocycles. The van der Waals surface area contributed by atoms with Crippen molar-refractivity contribution in [3.63, 3.8) is 0 Å². The lowest BCUT2D eigenvalue weighted by molar-refractivity contribution is 0.234. The zero-order valence-electron chi connectivity index (χ0n) is 9.44. The topological polar surface area (TPSA) is 45.5 Å². The van der Waals surface area contributed by atoms with E-state index in [0.29, 0.717) is 5.58 Å². The number of hydrogen-bond donors (Lipinski definition) is 1. The van der Waals surface area contributed by atoms with Gasteiger partial charge in [-0.2, -0.15) is 0 Å². The summed E-state index contributed by atoms with van der Waals surface area (Å²) in [6.45, 7) is 5.09. The first-order chi connectivity index (χ1) is 8.33. The van der Waals surface area contributed by atoms with E-state index in [1.165, 1.54) is 16.9 Å². The zero-order chi connectivity index (χ0) is 11.7. The molecule has 1 aromatic carbocycles. The standard InChI is InChI=1S/C12H14N2O2S/c15-12-16-10-3-1-2-9(11(10)17-12)8-14-6-4-13-5-7-14/h1-3,13H,4-8H2. The Balaban J connectivity index is 1.91. The Kier molecular flexibility index (Phi) is 2.96. The lowest BCUT2D eigenvalue weighted by Gasteiger charge is -2.27. The van der Waals surface area contributed by atoms with Gasteiger partial charge in [-0.3, -0.25) is 4.90 Å². The fourth-order valence-electron chi connectivity index (χ4n) is 2.19. The summed E-state index contributed by atoms with van der Waals surface area (Å²) in [4.78, 5) is 13.4. The minimum atomic E-state index is -0.215. The molecule has 5 heteroatoms. The first kappa shape index (κ1) is 11.0. The van der Waals surface area contributed by atoms with Crippen LogP contribution in [0.15, 0.2) is 27.4 Å². The number of hydrogen-bond acceptors (Lipinski definition) is 5. The van der Waals surface area contributed by atoms with Gasteiger partial charge in [-0.1, -0.05) is 23.5 Å². The molecular formula is C12H14N2O2S. The molecule has 0 spiro atoms. The first-order valence-electron chi connectivity index (χ1n) is 5.77. The predicted molar refractivity (Wildman–Crippen MR) is 68.5 cm³/mol. The highest BCUT2D eigenvalue weighted by molar-refractivity contribution is 7.16. The van der Waals surface area contributed by atoms with Crippen LogP contribution >= 0.6 is 11.3 Å². The molecule has 17 heavy (non-hydrogen) atoms. The van der Waals surface area contributed by atoms with Crippen LogP contribution in [0.4, 0.5) is 0 Å². The fourth-order valence-corrected chi connectivity index (χ4v) is 2.96. The van der Waals surface area contributed by atoms with Crippen LogP contribution in [-0.4, -0.2) is 31.1 Å². The number of fused-ring (bicyclic) bond motifs is 1. The van der Waals surface area contributed by atoms with E-state index in [0.717, 1.165) is 37.4 Å². The van der Waals surface area contributed by atoms with Crippen molar-refractivity contribution < 1.29 is 4.42 Å². The van der Waals surface area contributed by atoms with Gasteiger partial charge in [0, 0.05) is 32.7 Å². The van der Waals surface area contributed by atoms with Crippen LogP contribution < -0.4 is 10.3 Å². The summed E-state index contributed by atoms with van der Waals surface area (Å²) in [5, 5.41) is 3.33. The number of nitrogens with one attached hydrogen (secondary N) is 1. The molecule has 0 amide bonds. The lowest BCUT2D eigenvalue weighted by atomic mass is 10.2. The summed E-state index contributed by atoms with van der Waals surface area (Å²) in [6.07, 6.45) is 0. The van der Waals surface area contributed by atoms with Gasteiger partial charge in [0.1, 0.15) is 5.58 Å². The second kappa shape index (κ2) is 4.60. The maximum atomic E-state index is 11.3. The molecule has 2 heterocycles. The molecule has 3 rings (SSSR count). The normalized spacial score (nSPS) is 17.6. The lowest BCUT2D eigenvalue weighted by Crippen LogP contribution is -2.42. The molecule has 1 aliphatic rings. The Hall–Kier alpha value is -1.17. The van der Waals surface area contributed by atoms with Crippen molar-refractivity contribution in [3.05, 3.63) is 33.5 Å². The van der Waals surface area contributed by atoms with Gasteiger partial charge in [0.05, 0.1) is 4.70 Å². The molecule has 0 bridgehead atoms. The molecule has 0 radical (unpaired) electrons. The minimum absolute atomic E-state index is 0.215. The maximum absolute atomic E-state index is 11.3. The summed E-state index contributed by atoms with van der Waals surface area (Å²) in [5.41, 5.74) is 1.91. The minimum Gasteiger partial charge on any atom is -0.414 e. The molecule has 4 nitrogen and oxygen atoms in total. The van der Waals surface area contributed by atoms with Crippen LogP contribution in [0.3, 0.4) is 0 Å². The Morgan fingerprint density at radius 2 is 2.18 bits per heavy atom. The number of nitrogens with zero attached hydrogens (tertiary/aromatic N) is 1. The summed E-state index contributed by atoms with van der Waals surface area (Å²) in [5.74, 6) is 0. The van der Waals surface area contributed by atoms with Crippen molar-refractivity contribution in [2.75, 3.05) is 26.2 Å². The summed E-state index contributed by atoms with van der Waals surface area (Å²) in [6, 6.07) is 5.89. The number of rotatable bonds is 2. The van der Waals surface area contributed by atoms with Crippen molar-refractivity contribution in [3.8, 4) is 0 Å². The third-order valence-corrected chi connectivity index (χ3v) is 3.96. The summed E-state index contributed by atoms with van der Waals surface area (Å²) in [7, 11) is 0. The molecule has 1 aliphatic heterocycles. The fraction of sp³-hybridized carbons (Fsp3) is 0.417. The SMILES string of the molecule is O=c1oc2cccc(CN3CCNCC3)c2s1. The van der Waals surface area contributed by atoms with E-state index in [1.54, 1.807) is 0 Å². The third kappa shape index (κ3) is 2.26. The average molecular weight is 250 g/mol. The van der Waals surface area contributed by atoms with Gasteiger partial charge in [-0.25, -0.2) is 4.79 Å². The molecule has 1 N–H and O–H groups in total. The van der Waals surface area contributed by atoms with Crippen molar-refractivity contribution in [2.24, 2.45) is 0 Å². The molecule has 90 valence electrons. The Labute approximate surface area is 103 Å². The molecule has 0 aliphatic carbocycles. The van der Waals surface area contributed by atoms with E-state index in [2.05, 4.69) is 16.3 Å². The number of piperazine rings is 1. The predicted octanol–water partition coefficient (Wildman–Crippen LogP) is 1.26. The highest BCUT2D eigenvalue weighted by atomic mass is 32.1. The highest BCUT2D eigenvalue weighted by Gasteiger charge is 2.13. The molecule has 0 saturated carbocycles. The van der Waals surface area contributed by atoms with Gasteiger partial charge in [-0.15, -0.1) is 0 Å². The molecule has 1 saturated heterocycles. The van der Waals surface area contributed by atoms with E-state index in [4.69, 9.17) is 4.42 Å². The van der Waals surface area contributed by atoms with E-state index < -0.39 is 0 Å². The largest absolute Gasteiger partial charge is 0.414 e. The van der Waals surface area contributed by atoms with Crippen molar-refractivity contribution in [2.45, 2.75) is 6.54 Å². The molecule has 0 unspecified atom stereocenters. The van der Waals surface area contributed by atoms with Crippen molar-refractivity contribution >= 4 is 21.6 Å². The second-order valence-corrected chi connectivity index (χ2v) is 5.17. The molecular weight excluding hydrogens is 236 g/mol. The smallest absolute Gasteiger partial charge is 0.396 e. The van der Waals surface area contributed by atoms with Gasteiger partial charge >= 0.3 is 4.94 Å².